The third-order valence-electron chi connectivity index (χ3n) is 4.55. The zero-order chi connectivity index (χ0) is 20.1. The minimum atomic E-state index is -0.0982. The van der Waals surface area contributed by atoms with Gasteiger partial charge in [0.1, 0.15) is 13.2 Å². The van der Waals surface area contributed by atoms with E-state index in [0.717, 1.165) is 11.4 Å². The van der Waals surface area contributed by atoms with Gasteiger partial charge in [-0.3, -0.25) is 9.69 Å². The van der Waals surface area contributed by atoms with Gasteiger partial charge in [-0.05, 0) is 30.8 Å². The molecule has 8 heteroatoms. The second-order valence-corrected chi connectivity index (χ2v) is 6.67. The summed E-state index contributed by atoms with van der Waals surface area (Å²) in [5.41, 5.74) is 2.39. The zero-order valence-electron chi connectivity index (χ0n) is 16.2. The van der Waals surface area contributed by atoms with E-state index in [1.54, 1.807) is 17.1 Å². The van der Waals surface area contributed by atoms with Crippen LogP contribution in [-0.2, 0) is 11.3 Å². The predicted octanol–water partition coefficient (Wildman–Crippen LogP) is 2.50. The Kier molecular flexibility index (Phi) is 5.71. The number of fused-ring (bicyclic) bond motifs is 1. The summed E-state index contributed by atoms with van der Waals surface area (Å²) in [5, 5.41) is 11.7. The highest BCUT2D eigenvalue weighted by Crippen LogP contribution is 2.32. The fraction of sp³-hybridized carbons (Fsp3) is 0.286. The Balaban J connectivity index is 1.35. The van der Waals surface area contributed by atoms with Crippen LogP contribution < -0.4 is 14.8 Å². The monoisotopic (exact) mass is 393 g/mol. The van der Waals surface area contributed by atoms with Crippen LogP contribution in [0.4, 0.5) is 5.69 Å². The van der Waals surface area contributed by atoms with Crippen LogP contribution in [0.1, 0.15) is 12.6 Å². The Morgan fingerprint density at radius 2 is 1.93 bits per heavy atom. The summed E-state index contributed by atoms with van der Waals surface area (Å²) in [6.45, 7) is 4.57. The van der Waals surface area contributed by atoms with Gasteiger partial charge in [-0.15, -0.1) is 0 Å². The largest absolute Gasteiger partial charge is 0.486 e. The number of aromatic nitrogens is 3. The summed E-state index contributed by atoms with van der Waals surface area (Å²) >= 11 is 0. The number of carbonyl (C=O) groups excluding carboxylic acids is 1. The van der Waals surface area contributed by atoms with Gasteiger partial charge in [0.15, 0.2) is 11.5 Å². The van der Waals surface area contributed by atoms with Crippen LogP contribution in [0, 0.1) is 0 Å². The first-order chi connectivity index (χ1) is 14.2. The lowest BCUT2D eigenvalue weighted by atomic mass is 10.2. The third kappa shape index (κ3) is 4.72. The molecule has 1 aliphatic heterocycles. The molecule has 1 amide bonds. The lowest BCUT2D eigenvalue weighted by molar-refractivity contribution is -0.117. The Labute approximate surface area is 169 Å². The molecule has 8 nitrogen and oxygen atoms in total. The number of likely N-dealkylation sites (N-methyl/N-ethyl adjacent to an activating group) is 1. The molecular formula is C21H23N5O3. The number of carbonyl (C=O) groups is 1. The lowest BCUT2D eigenvalue weighted by Gasteiger charge is -2.20. The normalized spacial score (nSPS) is 12.8. The second kappa shape index (κ2) is 8.74. The van der Waals surface area contributed by atoms with Crippen molar-refractivity contribution in [1.82, 2.24) is 19.9 Å². The topological polar surface area (TPSA) is 81.5 Å². The number of anilines is 1. The van der Waals surface area contributed by atoms with Gasteiger partial charge in [-0.1, -0.05) is 25.1 Å². The van der Waals surface area contributed by atoms with E-state index in [9.17, 15) is 4.79 Å². The van der Waals surface area contributed by atoms with Gasteiger partial charge in [-0.25, -0.2) is 0 Å². The van der Waals surface area contributed by atoms with Crippen molar-refractivity contribution < 1.29 is 14.3 Å². The van der Waals surface area contributed by atoms with E-state index in [2.05, 4.69) is 15.5 Å². The van der Waals surface area contributed by atoms with Gasteiger partial charge >= 0.3 is 0 Å². The smallest absolute Gasteiger partial charge is 0.238 e. The molecule has 4 rings (SSSR count). The van der Waals surface area contributed by atoms with Crippen molar-refractivity contribution >= 4 is 11.6 Å². The van der Waals surface area contributed by atoms with Crippen molar-refractivity contribution in [3.63, 3.8) is 0 Å². The summed E-state index contributed by atoms with van der Waals surface area (Å²) in [4.78, 5) is 16.1. The predicted molar refractivity (Wildman–Crippen MR) is 108 cm³/mol. The second-order valence-electron chi connectivity index (χ2n) is 6.67. The molecule has 0 bridgehead atoms. The zero-order valence-corrected chi connectivity index (χ0v) is 16.2. The molecule has 29 heavy (non-hydrogen) atoms. The molecule has 0 fully saturated rings. The molecule has 0 spiro atoms. The summed E-state index contributed by atoms with van der Waals surface area (Å²) in [5.74, 6) is 1.25. The van der Waals surface area contributed by atoms with Gasteiger partial charge in [0.2, 0.25) is 5.91 Å². The van der Waals surface area contributed by atoms with Gasteiger partial charge < -0.3 is 14.8 Å². The molecule has 1 aliphatic rings. The van der Waals surface area contributed by atoms with Gasteiger partial charge in [0.05, 0.1) is 24.1 Å². The summed E-state index contributed by atoms with van der Waals surface area (Å²) < 4.78 is 11.1. The molecule has 150 valence electrons. The maximum Gasteiger partial charge on any atom is 0.238 e. The molecule has 0 saturated heterocycles. The summed E-state index contributed by atoms with van der Waals surface area (Å²) in [7, 11) is 0. The van der Waals surface area contributed by atoms with Crippen LogP contribution in [-0.4, -0.2) is 52.1 Å². The van der Waals surface area contributed by atoms with E-state index in [1.165, 1.54) is 0 Å². The van der Waals surface area contributed by atoms with E-state index in [0.29, 0.717) is 43.5 Å². The Bertz CT molecular complexity index is 973. The third-order valence-corrected chi connectivity index (χ3v) is 4.55. The highest BCUT2D eigenvalue weighted by molar-refractivity contribution is 5.92. The molecule has 2 aromatic carbocycles. The minimum Gasteiger partial charge on any atom is -0.486 e. The standard InChI is InChI=1S/C21H23N5O3/c1-2-25(14-17-13-22-26(24-17)18-6-4-3-5-7-18)15-21(27)23-16-8-9-19-20(12-16)29-11-10-28-19/h3-9,12-13H,2,10-11,14-15H2,1H3,(H,23,27). The van der Waals surface area contributed by atoms with Crippen LogP contribution in [0.15, 0.2) is 54.7 Å². The number of nitrogens with one attached hydrogen (secondary N) is 1. The molecule has 0 saturated carbocycles. The maximum atomic E-state index is 12.5. The Morgan fingerprint density at radius 3 is 2.72 bits per heavy atom. The molecule has 3 aromatic rings. The minimum absolute atomic E-state index is 0.0982. The first-order valence-electron chi connectivity index (χ1n) is 9.60. The highest BCUT2D eigenvalue weighted by atomic mass is 16.6. The molecule has 1 N–H and O–H groups in total. The lowest BCUT2D eigenvalue weighted by Crippen LogP contribution is -2.33. The number of nitrogens with zero attached hydrogens (tertiary/aromatic N) is 4. The van der Waals surface area contributed by atoms with Crippen LogP contribution in [0.5, 0.6) is 11.5 Å². The molecule has 0 radical (unpaired) electrons. The van der Waals surface area contributed by atoms with Crippen molar-refractivity contribution in [3.8, 4) is 17.2 Å². The number of ether oxygens (including phenoxy) is 2. The molecule has 2 heterocycles. The Morgan fingerprint density at radius 1 is 1.14 bits per heavy atom. The van der Waals surface area contributed by atoms with E-state index in [-0.39, 0.29) is 12.5 Å². The quantitative estimate of drug-likeness (QED) is 0.664. The highest BCUT2D eigenvalue weighted by Gasteiger charge is 2.15. The molecular weight excluding hydrogens is 370 g/mol. The number of amides is 1. The first-order valence-corrected chi connectivity index (χ1v) is 9.60. The average molecular weight is 393 g/mol. The first kappa shape index (κ1) is 18.9. The molecule has 0 aliphatic carbocycles. The average Bonchev–Trinajstić information content (AvgIpc) is 3.22. The molecule has 0 atom stereocenters. The number of para-hydroxylation sites is 1. The SMILES string of the molecule is CCN(CC(=O)Nc1ccc2c(c1)OCCO2)Cc1cnn(-c2ccccc2)n1. The van der Waals surface area contributed by atoms with Crippen LogP contribution in [0.2, 0.25) is 0 Å². The van der Waals surface area contributed by atoms with E-state index in [1.807, 2.05) is 54.3 Å². The number of hydrogen-bond acceptors (Lipinski definition) is 6. The number of hydrogen-bond donors (Lipinski definition) is 1. The van der Waals surface area contributed by atoms with E-state index < -0.39 is 0 Å². The van der Waals surface area contributed by atoms with Crippen LogP contribution in [0.25, 0.3) is 5.69 Å². The van der Waals surface area contributed by atoms with Crippen molar-refractivity contribution in [3.05, 3.63) is 60.4 Å². The van der Waals surface area contributed by atoms with Crippen LogP contribution >= 0.6 is 0 Å². The maximum absolute atomic E-state index is 12.5. The summed E-state index contributed by atoms with van der Waals surface area (Å²) in [6.07, 6.45) is 1.73. The Hall–Kier alpha value is -3.39. The van der Waals surface area contributed by atoms with Crippen molar-refractivity contribution in [1.29, 1.82) is 0 Å². The summed E-state index contributed by atoms with van der Waals surface area (Å²) in [6, 6.07) is 15.1. The van der Waals surface area contributed by atoms with Crippen molar-refractivity contribution in [2.24, 2.45) is 0 Å². The fourth-order valence-electron chi connectivity index (χ4n) is 3.09. The van der Waals surface area contributed by atoms with Gasteiger partial charge in [0.25, 0.3) is 0 Å². The molecule has 0 unspecified atom stereocenters. The number of rotatable bonds is 7. The van der Waals surface area contributed by atoms with E-state index >= 15 is 0 Å². The molecule has 1 aromatic heterocycles. The van der Waals surface area contributed by atoms with Crippen molar-refractivity contribution in [2.45, 2.75) is 13.5 Å². The van der Waals surface area contributed by atoms with Gasteiger partial charge in [0, 0.05) is 18.3 Å². The van der Waals surface area contributed by atoms with Crippen molar-refractivity contribution in [2.75, 3.05) is 31.6 Å². The number of benzene rings is 2. The van der Waals surface area contributed by atoms with Gasteiger partial charge in [-0.2, -0.15) is 15.0 Å². The van der Waals surface area contributed by atoms with E-state index in [4.69, 9.17) is 9.47 Å². The fourth-order valence-corrected chi connectivity index (χ4v) is 3.09. The van der Waals surface area contributed by atoms with Crippen LogP contribution in [0.3, 0.4) is 0 Å².